The molecule has 0 aliphatic carbocycles. The number of anilines is 1. The number of rotatable bonds is 4. The van der Waals surface area contributed by atoms with E-state index in [9.17, 15) is 4.79 Å². The molecular weight excluding hydrogens is 240 g/mol. The fourth-order valence-electron chi connectivity index (χ4n) is 1.44. The van der Waals surface area contributed by atoms with E-state index < -0.39 is 5.97 Å². The van der Waals surface area contributed by atoms with Crippen molar-refractivity contribution in [2.45, 2.75) is 20.4 Å². The number of furan rings is 1. The molecule has 2 N–H and O–H groups in total. The van der Waals surface area contributed by atoms with Gasteiger partial charge in [0.05, 0.1) is 12.2 Å². The minimum Gasteiger partial charge on any atom is -0.478 e. The van der Waals surface area contributed by atoms with Gasteiger partial charge in [-0.1, -0.05) is 0 Å². The summed E-state index contributed by atoms with van der Waals surface area (Å²) in [6.07, 6.45) is 0. The molecule has 90 valence electrons. The molecule has 0 saturated heterocycles. The lowest BCUT2D eigenvalue weighted by Gasteiger charge is -1.98. The summed E-state index contributed by atoms with van der Waals surface area (Å²) < 4.78 is 5.34. The molecule has 2 aromatic heterocycles. The standard InChI is InChI=1S/C11H12N2O3S/c1-6-5-17-11(13-6)12-4-8-3-9(10(14)15)7(2)16-8/h3,5H,4H2,1-2H3,(H,12,13)(H,14,15). The third-order valence-electron chi connectivity index (χ3n) is 2.23. The Morgan fingerprint density at radius 2 is 2.35 bits per heavy atom. The van der Waals surface area contributed by atoms with E-state index in [1.54, 1.807) is 6.92 Å². The van der Waals surface area contributed by atoms with Gasteiger partial charge < -0.3 is 14.8 Å². The van der Waals surface area contributed by atoms with Crippen LogP contribution in [0.5, 0.6) is 0 Å². The lowest BCUT2D eigenvalue weighted by molar-refractivity contribution is 0.0695. The van der Waals surface area contributed by atoms with E-state index in [1.807, 2.05) is 12.3 Å². The number of aromatic nitrogens is 1. The van der Waals surface area contributed by atoms with Gasteiger partial charge in [0.2, 0.25) is 0 Å². The van der Waals surface area contributed by atoms with Crippen LogP contribution in [0.4, 0.5) is 5.13 Å². The van der Waals surface area contributed by atoms with E-state index in [0.717, 1.165) is 10.8 Å². The molecule has 0 amide bonds. The van der Waals surface area contributed by atoms with Gasteiger partial charge in [-0.05, 0) is 19.9 Å². The minimum atomic E-state index is -0.970. The number of aromatic carboxylic acids is 1. The largest absolute Gasteiger partial charge is 0.478 e. The zero-order valence-corrected chi connectivity index (χ0v) is 10.3. The number of hydrogen-bond acceptors (Lipinski definition) is 5. The Morgan fingerprint density at radius 3 is 2.88 bits per heavy atom. The molecule has 0 aliphatic rings. The van der Waals surface area contributed by atoms with Gasteiger partial charge in [-0.25, -0.2) is 9.78 Å². The lowest BCUT2D eigenvalue weighted by atomic mass is 10.2. The SMILES string of the molecule is Cc1csc(NCc2cc(C(=O)O)c(C)o2)n1. The molecule has 0 atom stereocenters. The zero-order valence-electron chi connectivity index (χ0n) is 9.48. The number of carboxylic acids is 1. The Hall–Kier alpha value is -1.82. The van der Waals surface area contributed by atoms with Crippen LogP contribution in [0.2, 0.25) is 0 Å². The predicted octanol–water partition coefficient (Wildman–Crippen LogP) is 2.66. The highest BCUT2D eigenvalue weighted by atomic mass is 32.1. The van der Waals surface area contributed by atoms with Crippen LogP contribution in [0.1, 0.15) is 27.6 Å². The number of thiazole rings is 1. The van der Waals surface area contributed by atoms with E-state index in [4.69, 9.17) is 9.52 Å². The molecule has 0 fully saturated rings. The maximum atomic E-state index is 10.8. The summed E-state index contributed by atoms with van der Waals surface area (Å²) in [5, 5.41) is 14.7. The van der Waals surface area contributed by atoms with Crippen molar-refractivity contribution >= 4 is 22.4 Å². The van der Waals surface area contributed by atoms with Crippen LogP contribution >= 0.6 is 11.3 Å². The van der Waals surface area contributed by atoms with Crippen LogP contribution in [-0.4, -0.2) is 16.1 Å². The molecule has 0 aliphatic heterocycles. The average Bonchev–Trinajstić information content (AvgIpc) is 2.82. The molecule has 2 aromatic rings. The van der Waals surface area contributed by atoms with Gasteiger partial charge in [0.1, 0.15) is 17.1 Å². The molecule has 0 saturated carbocycles. The highest BCUT2D eigenvalue weighted by Gasteiger charge is 2.13. The van der Waals surface area contributed by atoms with E-state index >= 15 is 0 Å². The van der Waals surface area contributed by atoms with Gasteiger partial charge in [-0.3, -0.25) is 0 Å². The third-order valence-corrected chi connectivity index (χ3v) is 3.15. The van der Waals surface area contributed by atoms with E-state index in [2.05, 4.69) is 10.3 Å². The summed E-state index contributed by atoms with van der Waals surface area (Å²) in [6, 6.07) is 1.53. The van der Waals surface area contributed by atoms with Gasteiger partial charge in [-0.15, -0.1) is 11.3 Å². The number of carboxylic acid groups (broad SMARTS) is 1. The second kappa shape index (κ2) is 4.58. The number of aryl methyl sites for hydroxylation is 2. The molecule has 17 heavy (non-hydrogen) atoms. The second-order valence-corrected chi connectivity index (χ2v) is 4.49. The Labute approximate surface area is 102 Å². The summed E-state index contributed by atoms with van der Waals surface area (Å²) in [6.45, 7) is 3.99. The highest BCUT2D eigenvalue weighted by molar-refractivity contribution is 7.13. The molecule has 0 aromatic carbocycles. The number of nitrogens with zero attached hydrogens (tertiary/aromatic N) is 1. The van der Waals surface area contributed by atoms with Crippen LogP contribution in [0, 0.1) is 13.8 Å². The van der Waals surface area contributed by atoms with Crippen LogP contribution in [0.25, 0.3) is 0 Å². The third kappa shape index (κ3) is 2.65. The van der Waals surface area contributed by atoms with Crippen molar-refractivity contribution in [1.82, 2.24) is 4.98 Å². The summed E-state index contributed by atoms with van der Waals surface area (Å²) in [5.41, 5.74) is 1.16. The van der Waals surface area contributed by atoms with Gasteiger partial charge in [0, 0.05) is 5.38 Å². The maximum Gasteiger partial charge on any atom is 0.339 e. The number of hydrogen-bond donors (Lipinski definition) is 2. The topological polar surface area (TPSA) is 75.4 Å². The smallest absolute Gasteiger partial charge is 0.339 e. The normalized spacial score (nSPS) is 10.5. The molecule has 0 bridgehead atoms. The lowest BCUT2D eigenvalue weighted by Crippen LogP contribution is -1.98. The Bertz CT molecular complexity index is 545. The summed E-state index contributed by atoms with van der Waals surface area (Å²) in [5.74, 6) is 0.0416. The van der Waals surface area contributed by atoms with E-state index in [0.29, 0.717) is 18.1 Å². The van der Waals surface area contributed by atoms with Crippen molar-refractivity contribution in [1.29, 1.82) is 0 Å². The van der Waals surface area contributed by atoms with Crippen LogP contribution in [0.15, 0.2) is 15.9 Å². The van der Waals surface area contributed by atoms with E-state index in [-0.39, 0.29) is 5.56 Å². The first-order valence-electron chi connectivity index (χ1n) is 5.05. The molecular formula is C11H12N2O3S. The molecule has 0 radical (unpaired) electrons. The van der Waals surface area contributed by atoms with Crippen molar-refractivity contribution in [3.8, 4) is 0 Å². The van der Waals surface area contributed by atoms with Gasteiger partial charge in [-0.2, -0.15) is 0 Å². The molecule has 6 heteroatoms. The molecule has 5 nitrogen and oxygen atoms in total. The Kier molecular flexibility index (Phi) is 3.14. The van der Waals surface area contributed by atoms with Gasteiger partial charge in [0.25, 0.3) is 0 Å². The fourth-order valence-corrected chi connectivity index (χ4v) is 2.13. The Morgan fingerprint density at radius 1 is 1.59 bits per heavy atom. The maximum absolute atomic E-state index is 10.8. The van der Waals surface area contributed by atoms with Crippen LogP contribution < -0.4 is 5.32 Å². The number of nitrogens with one attached hydrogen (secondary N) is 1. The molecule has 0 spiro atoms. The van der Waals surface area contributed by atoms with Gasteiger partial charge in [0.15, 0.2) is 5.13 Å². The highest BCUT2D eigenvalue weighted by Crippen LogP contribution is 2.18. The molecule has 0 unspecified atom stereocenters. The first-order chi connectivity index (χ1) is 8.06. The average molecular weight is 252 g/mol. The van der Waals surface area contributed by atoms with Crippen molar-refractivity contribution < 1.29 is 14.3 Å². The fraction of sp³-hybridized carbons (Fsp3) is 0.273. The summed E-state index contributed by atoms with van der Waals surface area (Å²) in [7, 11) is 0. The summed E-state index contributed by atoms with van der Waals surface area (Å²) in [4.78, 5) is 15.1. The molecule has 2 heterocycles. The quantitative estimate of drug-likeness (QED) is 0.875. The number of carbonyl (C=O) groups is 1. The van der Waals surface area contributed by atoms with Crippen LogP contribution in [0.3, 0.4) is 0 Å². The predicted molar refractivity (Wildman–Crippen MR) is 64.6 cm³/mol. The Balaban J connectivity index is 2.04. The zero-order chi connectivity index (χ0) is 12.4. The monoisotopic (exact) mass is 252 g/mol. The van der Waals surface area contributed by atoms with Crippen molar-refractivity contribution in [2.24, 2.45) is 0 Å². The van der Waals surface area contributed by atoms with E-state index in [1.165, 1.54) is 17.4 Å². The van der Waals surface area contributed by atoms with Crippen molar-refractivity contribution in [3.05, 3.63) is 34.2 Å². The first-order valence-corrected chi connectivity index (χ1v) is 5.93. The first kappa shape index (κ1) is 11.7. The minimum absolute atomic E-state index is 0.206. The van der Waals surface area contributed by atoms with Crippen LogP contribution in [-0.2, 0) is 6.54 Å². The van der Waals surface area contributed by atoms with Crippen molar-refractivity contribution in [2.75, 3.05) is 5.32 Å². The molecule has 2 rings (SSSR count). The second-order valence-electron chi connectivity index (χ2n) is 3.64. The van der Waals surface area contributed by atoms with Gasteiger partial charge >= 0.3 is 5.97 Å². The van der Waals surface area contributed by atoms with Crippen molar-refractivity contribution in [3.63, 3.8) is 0 Å². The summed E-state index contributed by atoms with van der Waals surface area (Å²) >= 11 is 1.51.